The highest BCUT2D eigenvalue weighted by molar-refractivity contribution is 7.71. The van der Waals surface area contributed by atoms with Crippen LogP contribution in [0.1, 0.15) is 57.3 Å². The first-order valence-corrected chi connectivity index (χ1v) is 11.8. The summed E-state index contributed by atoms with van der Waals surface area (Å²) in [4.78, 5) is 2.40. The van der Waals surface area contributed by atoms with Crippen molar-refractivity contribution in [2.24, 2.45) is 17.8 Å². The van der Waals surface area contributed by atoms with Crippen LogP contribution in [0.3, 0.4) is 0 Å². The Morgan fingerprint density at radius 1 is 1.20 bits per heavy atom. The summed E-state index contributed by atoms with van der Waals surface area (Å²) in [6, 6.07) is 6.83. The van der Waals surface area contributed by atoms with Crippen molar-refractivity contribution in [3.63, 3.8) is 0 Å². The molecule has 0 N–H and O–H groups in total. The molecule has 2 aliphatic carbocycles. The molecule has 0 radical (unpaired) electrons. The molecule has 2 aromatic rings. The molecular weight excluding hydrogens is 399 g/mol. The summed E-state index contributed by atoms with van der Waals surface area (Å²) in [5.41, 5.74) is 0. The van der Waals surface area contributed by atoms with E-state index in [1.165, 1.54) is 44.6 Å². The van der Waals surface area contributed by atoms with Crippen molar-refractivity contribution in [1.82, 2.24) is 19.2 Å². The number of halogens is 1. The van der Waals surface area contributed by atoms with Gasteiger partial charge in [-0.2, -0.15) is 5.10 Å². The lowest BCUT2D eigenvalue weighted by Crippen LogP contribution is -2.25. The van der Waals surface area contributed by atoms with E-state index in [4.69, 9.17) is 22.1 Å². The summed E-state index contributed by atoms with van der Waals surface area (Å²) < 4.78 is 24.8. The van der Waals surface area contributed by atoms with E-state index in [-0.39, 0.29) is 18.2 Å². The van der Waals surface area contributed by atoms with Gasteiger partial charge in [-0.3, -0.25) is 9.47 Å². The van der Waals surface area contributed by atoms with Crippen LogP contribution >= 0.6 is 12.2 Å². The van der Waals surface area contributed by atoms with E-state index in [1.54, 1.807) is 18.2 Å². The molecule has 1 aliphatic heterocycles. The average Bonchev–Trinajstić information content (AvgIpc) is 3.53. The molecule has 2 heterocycles. The lowest BCUT2D eigenvalue weighted by atomic mass is 9.84. The predicted molar refractivity (Wildman–Crippen MR) is 116 cm³/mol. The number of aromatic nitrogens is 3. The Kier molecular flexibility index (Phi) is 5.67. The Labute approximate surface area is 182 Å². The van der Waals surface area contributed by atoms with Crippen molar-refractivity contribution in [1.29, 1.82) is 0 Å². The minimum atomic E-state index is -0.347. The van der Waals surface area contributed by atoms with Crippen LogP contribution in [0.2, 0.25) is 0 Å². The zero-order valence-corrected chi connectivity index (χ0v) is 18.5. The second kappa shape index (κ2) is 8.42. The number of rotatable bonds is 7. The van der Waals surface area contributed by atoms with Gasteiger partial charge in [-0.15, -0.1) is 0 Å². The molecule has 3 fully saturated rings. The number of benzene rings is 1. The summed E-state index contributed by atoms with van der Waals surface area (Å²) in [7, 11) is 0. The van der Waals surface area contributed by atoms with Gasteiger partial charge in [0.2, 0.25) is 0 Å². The van der Waals surface area contributed by atoms with Crippen molar-refractivity contribution in [2.75, 3.05) is 13.1 Å². The third-order valence-corrected chi connectivity index (χ3v) is 7.89. The molecule has 3 aliphatic rings. The van der Waals surface area contributed by atoms with Crippen molar-refractivity contribution in [3.8, 4) is 5.75 Å². The molecule has 162 valence electrons. The maximum atomic E-state index is 14.1. The molecule has 2 bridgehead atoms. The standard InChI is InChI=1S/C23H31FN4OS/c1-16(19-13-17-8-9-18(19)12-17)28-22(14-29-21-7-3-2-6-20(21)24)25-27(23(28)30)15-26-10-4-5-11-26/h2-3,6-7,16-19H,4-5,8-15H2,1H3/t16-,17+,18+,19+/m1/s1. The molecule has 1 aromatic heterocycles. The molecule has 0 spiro atoms. The molecule has 0 unspecified atom stereocenters. The molecule has 7 heteroatoms. The molecule has 2 saturated carbocycles. The number of likely N-dealkylation sites (tertiary alicyclic amines) is 1. The Morgan fingerprint density at radius 3 is 2.70 bits per heavy atom. The Bertz CT molecular complexity index is 951. The molecule has 4 atom stereocenters. The molecule has 1 aromatic carbocycles. The second-order valence-corrected chi connectivity index (χ2v) is 9.70. The highest BCUT2D eigenvalue weighted by Gasteiger charge is 2.43. The zero-order chi connectivity index (χ0) is 20.7. The van der Waals surface area contributed by atoms with Gasteiger partial charge in [0.15, 0.2) is 22.2 Å². The smallest absolute Gasteiger partial charge is 0.199 e. The SMILES string of the molecule is C[C@H]([C@@H]1C[C@H]2CC[C@H]1C2)n1c(COc2ccccc2F)nn(CN2CCCC2)c1=S. The first-order chi connectivity index (χ1) is 14.6. The zero-order valence-electron chi connectivity index (χ0n) is 17.7. The van der Waals surface area contributed by atoms with Gasteiger partial charge in [-0.1, -0.05) is 18.6 Å². The Hall–Kier alpha value is -1.73. The van der Waals surface area contributed by atoms with Crippen LogP contribution in [-0.4, -0.2) is 32.3 Å². The van der Waals surface area contributed by atoms with Crippen LogP contribution < -0.4 is 4.74 Å². The molecule has 1 saturated heterocycles. The van der Waals surface area contributed by atoms with E-state index in [0.717, 1.165) is 42.2 Å². The predicted octanol–water partition coefficient (Wildman–Crippen LogP) is 5.18. The van der Waals surface area contributed by atoms with Gasteiger partial charge in [0, 0.05) is 6.04 Å². The van der Waals surface area contributed by atoms with E-state index in [0.29, 0.717) is 12.0 Å². The largest absolute Gasteiger partial charge is 0.483 e. The van der Waals surface area contributed by atoms with Crippen LogP contribution in [0.25, 0.3) is 0 Å². The first-order valence-electron chi connectivity index (χ1n) is 11.4. The number of hydrogen-bond acceptors (Lipinski definition) is 4. The summed E-state index contributed by atoms with van der Waals surface area (Å²) in [6.07, 6.45) is 7.86. The summed E-state index contributed by atoms with van der Waals surface area (Å²) in [5.74, 6) is 3.05. The van der Waals surface area contributed by atoms with Crippen molar-refractivity contribution in [2.45, 2.75) is 64.8 Å². The van der Waals surface area contributed by atoms with Gasteiger partial charge in [0.25, 0.3) is 0 Å². The van der Waals surface area contributed by atoms with E-state index in [2.05, 4.69) is 16.4 Å². The Balaban J connectivity index is 1.42. The fourth-order valence-corrected chi connectivity index (χ4v) is 6.33. The van der Waals surface area contributed by atoms with Gasteiger partial charge in [-0.05, 0) is 94.2 Å². The van der Waals surface area contributed by atoms with Crippen LogP contribution in [0.4, 0.5) is 4.39 Å². The number of hydrogen-bond donors (Lipinski definition) is 0. The van der Waals surface area contributed by atoms with Gasteiger partial charge in [0.05, 0.1) is 6.67 Å². The minimum absolute atomic E-state index is 0.225. The fourth-order valence-electron chi connectivity index (χ4n) is 5.96. The highest BCUT2D eigenvalue weighted by atomic mass is 32.1. The van der Waals surface area contributed by atoms with E-state index >= 15 is 0 Å². The number of fused-ring (bicyclic) bond motifs is 2. The number of ether oxygens (including phenoxy) is 1. The lowest BCUT2D eigenvalue weighted by molar-refractivity contribution is 0.221. The van der Waals surface area contributed by atoms with Crippen molar-refractivity contribution < 1.29 is 9.13 Å². The number of nitrogens with zero attached hydrogens (tertiary/aromatic N) is 4. The number of para-hydroxylation sites is 1. The third kappa shape index (κ3) is 3.82. The molecule has 0 amide bonds. The molecule has 30 heavy (non-hydrogen) atoms. The molecule has 5 rings (SSSR count). The van der Waals surface area contributed by atoms with Crippen LogP contribution in [0, 0.1) is 28.3 Å². The van der Waals surface area contributed by atoms with Crippen LogP contribution in [-0.2, 0) is 13.3 Å². The van der Waals surface area contributed by atoms with Gasteiger partial charge < -0.3 is 4.74 Å². The fraction of sp³-hybridized carbons (Fsp3) is 0.652. The molecule has 5 nitrogen and oxygen atoms in total. The van der Waals surface area contributed by atoms with Gasteiger partial charge in [0.1, 0.15) is 6.61 Å². The average molecular weight is 431 g/mol. The second-order valence-electron chi connectivity index (χ2n) is 9.33. The lowest BCUT2D eigenvalue weighted by Gasteiger charge is -2.29. The van der Waals surface area contributed by atoms with E-state index in [1.807, 2.05) is 4.68 Å². The minimum Gasteiger partial charge on any atom is -0.483 e. The first kappa shape index (κ1) is 20.2. The van der Waals surface area contributed by atoms with Gasteiger partial charge >= 0.3 is 0 Å². The van der Waals surface area contributed by atoms with Crippen molar-refractivity contribution >= 4 is 12.2 Å². The van der Waals surface area contributed by atoms with Crippen LogP contribution in [0.15, 0.2) is 24.3 Å². The monoisotopic (exact) mass is 430 g/mol. The normalized spacial score (nSPS) is 27.1. The third-order valence-electron chi connectivity index (χ3n) is 7.49. The van der Waals surface area contributed by atoms with Crippen molar-refractivity contribution in [3.05, 3.63) is 40.7 Å². The topological polar surface area (TPSA) is 35.2 Å². The van der Waals surface area contributed by atoms with E-state index < -0.39 is 0 Å². The molecular formula is C23H31FN4OS. The highest BCUT2D eigenvalue weighted by Crippen LogP contribution is 2.52. The van der Waals surface area contributed by atoms with Crippen LogP contribution in [0.5, 0.6) is 5.75 Å². The van der Waals surface area contributed by atoms with Gasteiger partial charge in [-0.25, -0.2) is 9.07 Å². The maximum absolute atomic E-state index is 14.1. The summed E-state index contributed by atoms with van der Waals surface area (Å²) in [5, 5.41) is 4.86. The quantitative estimate of drug-likeness (QED) is 0.567. The maximum Gasteiger partial charge on any atom is 0.199 e. The van der Waals surface area contributed by atoms with E-state index in [9.17, 15) is 4.39 Å². The Morgan fingerprint density at radius 2 is 2.00 bits per heavy atom. The summed E-state index contributed by atoms with van der Waals surface area (Å²) >= 11 is 5.91. The summed E-state index contributed by atoms with van der Waals surface area (Å²) in [6.45, 7) is 5.43.